The van der Waals surface area contributed by atoms with Gasteiger partial charge in [0.1, 0.15) is 6.29 Å². The van der Waals surface area contributed by atoms with Gasteiger partial charge in [-0.05, 0) is 5.37 Å². The standard InChI is InChI=1S/C3H4OS.Na.H/c4-2-1-3-5;;/h2-3H,1H2;;. The zero-order chi connectivity index (χ0) is 4.12. The van der Waals surface area contributed by atoms with Crippen LogP contribution >= 0.6 is 12.2 Å². The minimum atomic E-state index is 0. The molecule has 6 heavy (non-hydrogen) atoms. The Labute approximate surface area is 64.4 Å². The van der Waals surface area contributed by atoms with E-state index in [2.05, 4.69) is 12.2 Å². The van der Waals surface area contributed by atoms with E-state index in [-0.39, 0.29) is 29.6 Å². The van der Waals surface area contributed by atoms with E-state index < -0.39 is 0 Å². The van der Waals surface area contributed by atoms with Crippen LogP contribution in [0.25, 0.3) is 0 Å². The minimum absolute atomic E-state index is 0. The normalized spacial score (nSPS) is 5.33. The molecule has 0 N–H and O–H groups in total. The summed E-state index contributed by atoms with van der Waals surface area (Å²) < 4.78 is 0. The van der Waals surface area contributed by atoms with Crippen molar-refractivity contribution in [2.45, 2.75) is 6.42 Å². The van der Waals surface area contributed by atoms with Gasteiger partial charge < -0.3 is 4.79 Å². The molecule has 30 valence electrons. The Hall–Kier alpha value is 0.760. The van der Waals surface area contributed by atoms with Crippen LogP contribution in [0.2, 0.25) is 0 Å². The molecule has 0 radical (unpaired) electrons. The molecular weight excluding hydrogens is 107 g/mol. The molecule has 0 heterocycles. The summed E-state index contributed by atoms with van der Waals surface area (Å²) in [6.07, 6.45) is 1.17. The number of aldehydes is 1. The van der Waals surface area contributed by atoms with Crippen LogP contribution < -0.4 is 0 Å². The van der Waals surface area contributed by atoms with Crippen molar-refractivity contribution in [3.8, 4) is 0 Å². The van der Waals surface area contributed by atoms with Gasteiger partial charge in [-0.3, -0.25) is 0 Å². The quantitative estimate of drug-likeness (QED) is 0.282. The third kappa shape index (κ3) is 8.83. The van der Waals surface area contributed by atoms with Gasteiger partial charge in [-0.15, -0.1) is 0 Å². The first-order valence-corrected chi connectivity index (χ1v) is 1.76. The molecule has 0 aliphatic rings. The molecule has 0 amide bonds. The average molecular weight is 112 g/mol. The van der Waals surface area contributed by atoms with Crippen LogP contribution in [0.15, 0.2) is 0 Å². The maximum absolute atomic E-state index is 9.31. The molecule has 0 atom stereocenters. The van der Waals surface area contributed by atoms with Crippen LogP contribution in [0.5, 0.6) is 0 Å². The first-order chi connectivity index (χ1) is 2.41. The molecule has 0 unspecified atom stereocenters. The van der Waals surface area contributed by atoms with Crippen LogP contribution in [0, 0.1) is 0 Å². The number of rotatable bonds is 2. The molecule has 0 spiro atoms. The molecule has 0 saturated heterocycles. The van der Waals surface area contributed by atoms with Crippen molar-refractivity contribution in [3.63, 3.8) is 0 Å². The molecule has 3 heteroatoms. The Morgan fingerprint density at radius 2 is 2.17 bits per heavy atom. The van der Waals surface area contributed by atoms with Gasteiger partial charge in [0.05, 0.1) is 0 Å². The van der Waals surface area contributed by atoms with E-state index in [4.69, 9.17) is 0 Å². The van der Waals surface area contributed by atoms with Crippen molar-refractivity contribution in [1.29, 1.82) is 0 Å². The molecule has 0 aromatic carbocycles. The Bertz CT molecular complexity index is 40.1. The number of thiocarbonyl (C=S) groups is 1. The molecule has 0 aliphatic carbocycles. The fraction of sp³-hybridized carbons (Fsp3) is 0.333. The van der Waals surface area contributed by atoms with Gasteiger partial charge in [-0.25, -0.2) is 0 Å². The molecule has 0 saturated carbocycles. The second-order valence-corrected chi connectivity index (χ2v) is 0.902. The van der Waals surface area contributed by atoms with Gasteiger partial charge in [-0.1, -0.05) is 12.2 Å². The first-order valence-electron chi connectivity index (χ1n) is 1.29. The molecule has 0 aliphatic heterocycles. The summed E-state index contributed by atoms with van der Waals surface area (Å²) in [6, 6.07) is 0. The molecule has 0 aromatic rings. The zero-order valence-corrected chi connectivity index (χ0v) is 3.49. The predicted molar refractivity (Wildman–Crippen MR) is 31.5 cm³/mol. The van der Waals surface area contributed by atoms with Crippen LogP contribution in [-0.4, -0.2) is 41.2 Å². The van der Waals surface area contributed by atoms with E-state index in [1.165, 1.54) is 5.37 Å². The zero-order valence-electron chi connectivity index (χ0n) is 2.68. The van der Waals surface area contributed by atoms with Gasteiger partial charge in [0, 0.05) is 6.42 Å². The van der Waals surface area contributed by atoms with Gasteiger partial charge in [0.25, 0.3) is 0 Å². The van der Waals surface area contributed by atoms with Gasteiger partial charge >= 0.3 is 29.6 Å². The maximum atomic E-state index is 9.31. The van der Waals surface area contributed by atoms with Crippen LogP contribution in [-0.2, 0) is 4.79 Å². The van der Waals surface area contributed by atoms with E-state index >= 15 is 0 Å². The van der Waals surface area contributed by atoms with Crippen molar-refractivity contribution < 1.29 is 4.79 Å². The Balaban J connectivity index is 0. The summed E-state index contributed by atoms with van der Waals surface area (Å²) in [5.41, 5.74) is 0. The Morgan fingerprint density at radius 3 is 2.17 bits per heavy atom. The van der Waals surface area contributed by atoms with E-state index in [0.717, 1.165) is 6.29 Å². The second-order valence-electron chi connectivity index (χ2n) is 0.569. The fourth-order valence-corrected chi connectivity index (χ4v) is 0.118. The SMILES string of the molecule is O=CCC=S.[NaH]. The van der Waals surface area contributed by atoms with Gasteiger partial charge in [0.2, 0.25) is 0 Å². The second kappa shape index (κ2) is 9.23. The number of carbonyl (C=O) groups excluding carboxylic acids is 1. The third-order valence-corrected chi connectivity index (χ3v) is 0.385. The number of hydrogen-bond donors (Lipinski definition) is 0. The van der Waals surface area contributed by atoms with Crippen molar-refractivity contribution in [2.24, 2.45) is 0 Å². The topological polar surface area (TPSA) is 17.1 Å². The summed E-state index contributed by atoms with van der Waals surface area (Å²) in [7, 11) is 0. The summed E-state index contributed by atoms with van der Waals surface area (Å²) in [5.74, 6) is 0. The number of hydrogen-bond acceptors (Lipinski definition) is 2. The molecule has 0 aromatic heterocycles. The van der Waals surface area contributed by atoms with Crippen molar-refractivity contribution in [1.82, 2.24) is 0 Å². The fourth-order valence-electron chi connectivity index (χ4n) is 0.0393. The summed E-state index contributed by atoms with van der Waals surface area (Å²) >= 11 is 4.29. The monoisotopic (exact) mass is 112 g/mol. The predicted octanol–water partition coefficient (Wildman–Crippen LogP) is -0.0734. The molecule has 0 fully saturated rings. The average Bonchev–Trinajstić information content (AvgIpc) is 1.41. The van der Waals surface area contributed by atoms with Crippen molar-refractivity contribution >= 4 is 53.4 Å². The van der Waals surface area contributed by atoms with E-state index in [1.807, 2.05) is 0 Å². The molecular formula is C3H5NaOS. The van der Waals surface area contributed by atoms with E-state index in [0.29, 0.717) is 6.42 Å². The Morgan fingerprint density at radius 1 is 1.67 bits per heavy atom. The van der Waals surface area contributed by atoms with E-state index in [1.54, 1.807) is 0 Å². The molecule has 0 rings (SSSR count). The van der Waals surface area contributed by atoms with Gasteiger partial charge in [-0.2, -0.15) is 0 Å². The van der Waals surface area contributed by atoms with Crippen LogP contribution in [0.4, 0.5) is 0 Å². The summed E-state index contributed by atoms with van der Waals surface area (Å²) in [6.45, 7) is 0. The Kier molecular flexibility index (Phi) is 15.2. The number of carbonyl (C=O) groups is 1. The van der Waals surface area contributed by atoms with E-state index in [9.17, 15) is 4.79 Å². The van der Waals surface area contributed by atoms with Crippen LogP contribution in [0.1, 0.15) is 6.42 Å². The summed E-state index contributed by atoms with van der Waals surface area (Å²) in [5, 5.41) is 1.40. The summed E-state index contributed by atoms with van der Waals surface area (Å²) in [4.78, 5) is 9.31. The molecule has 0 bridgehead atoms. The van der Waals surface area contributed by atoms with Crippen molar-refractivity contribution in [3.05, 3.63) is 0 Å². The van der Waals surface area contributed by atoms with Crippen LogP contribution in [0.3, 0.4) is 0 Å². The third-order valence-electron chi connectivity index (χ3n) is 0.192. The van der Waals surface area contributed by atoms with Gasteiger partial charge in [0.15, 0.2) is 0 Å². The van der Waals surface area contributed by atoms with Crippen molar-refractivity contribution in [2.75, 3.05) is 0 Å². The molecule has 1 nitrogen and oxygen atoms in total. The first kappa shape index (κ1) is 9.90.